The average Bonchev–Trinajstić information content (AvgIpc) is 2.35. The average molecular weight is 257 g/mol. The summed E-state index contributed by atoms with van der Waals surface area (Å²) in [5.74, 6) is 0.984. The van der Waals surface area contributed by atoms with Crippen LogP contribution in [0.5, 0.6) is 0 Å². The molecule has 1 saturated carbocycles. The van der Waals surface area contributed by atoms with Crippen molar-refractivity contribution in [2.24, 2.45) is 11.8 Å². The number of carbonyl (C=O) groups excluding carboxylic acids is 1. The first-order valence-electron chi connectivity index (χ1n) is 6.93. The van der Waals surface area contributed by atoms with E-state index in [9.17, 15) is 9.90 Å². The Kier molecular flexibility index (Phi) is 6.09. The van der Waals surface area contributed by atoms with Crippen molar-refractivity contribution < 1.29 is 14.6 Å². The number of amides is 1. The van der Waals surface area contributed by atoms with E-state index in [1.807, 2.05) is 0 Å². The number of hydrogen-bond donors (Lipinski definition) is 2. The van der Waals surface area contributed by atoms with E-state index in [1.54, 1.807) is 14.0 Å². The van der Waals surface area contributed by atoms with Crippen molar-refractivity contribution in [3.63, 3.8) is 0 Å². The van der Waals surface area contributed by atoms with Gasteiger partial charge >= 0.3 is 0 Å². The first-order chi connectivity index (χ1) is 8.44. The minimum absolute atomic E-state index is 0.0968. The Labute approximate surface area is 110 Å². The van der Waals surface area contributed by atoms with Crippen LogP contribution in [-0.4, -0.2) is 36.9 Å². The van der Waals surface area contributed by atoms with Crippen LogP contribution < -0.4 is 5.32 Å². The number of aliphatic hydroxyl groups is 1. The van der Waals surface area contributed by atoms with Gasteiger partial charge in [-0.2, -0.15) is 0 Å². The number of hydrogen-bond acceptors (Lipinski definition) is 3. The first kappa shape index (κ1) is 15.4. The lowest BCUT2D eigenvalue weighted by molar-refractivity contribution is -0.127. The highest BCUT2D eigenvalue weighted by Gasteiger charge is 2.26. The van der Waals surface area contributed by atoms with E-state index in [0.717, 1.165) is 31.6 Å². The Morgan fingerprint density at radius 3 is 2.56 bits per heavy atom. The molecule has 1 fully saturated rings. The Hall–Kier alpha value is -0.610. The molecule has 0 spiro atoms. The van der Waals surface area contributed by atoms with Crippen LogP contribution >= 0.6 is 0 Å². The van der Waals surface area contributed by atoms with Crippen molar-refractivity contribution in [2.75, 3.05) is 20.3 Å². The molecule has 18 heavy (non-hydrogen) atoms. The van der Waals surface area contributed by atoms with Crippen LogP contribution in [0.3, 0.4) is 0 Å². The van der Waals surface area contributed by atoms with E-state index in [2.05, 4.69) is 12.2 Å². The molecule has 4 nitrogen and oxygen atoms in total. The second kappa shape index (κ2) is 7.10. The third-order valence-electron chi connectivity index (χ3n) is 3.87. The Balaban J connectivity index is 2.27. The zero-order valence-corrected chi connectivity index (χ0v) is 11.9. The second-order valence-electron chi connectivity index (χ2n) is 5.91. The SMILES string of the molecule is COCCC(C)(O)CNC(=O)C1CCC(C)CC1. The third-order valence-corrected chi connectivity index (χ3v) is 3.87. The molecule has 0 saturated heterocycles. The highest BCUT2D eigenvalue weighted by Crippen LogP contribution is 2.28. The number of carbonyl (C=O) groups is 1. The summed E-state index contributed by atoms with van der Waals surface area (Å²) < 4.78 is 4.94. The van der Waals surface area contributed by atoms with E-state index in [1.165, 1.54) is 0 Å². The lowest BCUT2D eigenvalue weighted by Crippen LogP contribution is -2.44. The molecule has 0 aromatic heterocycles. The molecule has 4 heteroatoms. The van der Waals surface area contributed by atoms with Crippen molar-refractivity contribution in [1.82, 2.24) is 5.32 Å². The molecule has 1 unspecified atom stereocenters. The van der Waals surface area contributed by atoms with Gasteiger partial charge in [-0.3, -0.25) is 4.79 Å². The van der Waals surface area contributed by atoms with Crippen LogP contribution in [-0.2, 0) is 9.53 Å². The summed E-state index contributed by atoms with van der Waals surface area (Å²) in [5.41, 5.74) is -0.881. The molecule has 1 amide bonds. The quantitative estimate of drug-likeness (QED) is 0.761. The van der Waals surface area contributed by atoms with Crippen molar-refractivity contribution in [1.29, 1.82) is 0 Å². The van der Waals surface area contributed by atoms with E-state index < -0.39 is 5.60 Å². The summed E-state index contributed by atoms with van der Waals surface area (Å²) in [6.45, 7) is 4.78. The maximum atomic E-state index is 12.0. The largest absolute Gasteiger partial charge is 0.388 e. The Morgan fingerprint density at radius 2 is 2.00 bits per heavy atom. The molecule has 0 aliphatic heterocycles. The summed E-state index contributed by atoms with van der Waals surface area (Å²) in [4.78, 5) is 12.0. The number of methoxy groups -OCH3 is 1. The standard InChI is InChI=1S/C14H27NO3/c1-11-4-6-12(7-5-11)13(16)15-10-14(2,17)8-9-18-3/h11-12,17H,4-10H2,1-3H3,(H,15,16). The fourth-order valence-electron chi connectivity index (χ4n) is 2.35. The van der Waals surface area contributed by atoms with E-state index in [-0.39, 0.29) is 11.8 Å². The highest BCUT2D eigenvalue weighted by molar-refractivity contribution is 5.78. The predicted octanol–water partition coefficient (Wildman–Crippen LogP) is 1.72. The second-order valence-corrected chi connectivity index (χ2v) is 5.91. The summed E-state index contributed by atoms with van der Waals surface area (Å²) in [5, 5.41) is 12.9. The van der Waals surface area contributed by atoms with Gasteiger partial charge in [0, 0.05) is 32.6 Å². The zero-order valence-electron chi connectivity index (χ0n) is 11.9. The van der Waals surface area contributed by atoms with Gasteiger partial charge in [0.15, 0.2) is 0 Å². The molecule has 0 aromatic carbocycles. The van der Waals surface area contributed by atoms with Crippen LogP contribution in [0.1, 0.15) is 46.0 Å². The molecule has 106 valence electrons. The fourth-order valence-corrected chi connectivity index (χ4v) is 2.35. The summed E-state index contributed by atoms with van der Waals surface area (Å²) in [7, 11) is 1.61. The molecule has 0 aromatic rings. The predicted molar refractivity (Wildman–Crippen MR) is 71.2 cm³/mol. The normalized spacial score (nSPS) is 27.6. The van der Waals surface area contributed by atoms with Crippen LogP contribution in [0.15, 0.2) is 0 Å². The highest BCUT2D eigenvalue weighted by atomic mass is 16.5. The number of rotatable bonds is 6. The van der Waals surface area contributed by atoms with E-state index in [0.29, 0.717) is 19.6 Å². The molecule has 1 aliphatic rings. The maximum Gasteiger partial charge on any atom is 0.223 e. The topological polar surface area (TPSA) is 58.6 Å². The van der Waals surface area contributed by atoms with Gasteiger partial charge in [-0.15, -0.1) is 0 Å². The zero-order chi connectivity index (χ0) is 13.6. The molecule has 0 heterocycles. The van der Waals surface area contributed by atoms with E-state index in [4.69, 9.17) is 4.74 Å². The van der Waals surface area contributed by atoms with Gasteiger partial charge in [0.25, 0.3) is 0 Å². The van der Waals surface area contributed by atoms with Gasteiger partial charge in [0.1, 0.15) is 0 Å². The summed E-state index contributed by atoms with van der Waals surface area (Å²) in [6, 6.07) is 0. The monoisotopic (exact) mass is 257 g/mol. The summed E-state index contributed by atoms with van der Waals surface area (Å²) >= 11 is 0. The Morgan fingerprint density at radius 1 is 1.39 bits per heavy atom. The minimum Gasteiger partial charge on any atom is -0.388 e. The maximum absolute atomic E-state index is 12.0. The molecular formula is C14H27NO3. The van der Waals surface area contributed by atoms with Crippen molar-refractivity contribution in [3.8, 4) is 0 Å². The fraction of sp³-hybridized carbons (Fsp3) is 0.929. The number of nitrogens with one attached hydrogen (secondary N) is 1. The number of ether oxygens (including phenoxy) is 1. The minimum atomic E-state index is -0.881. The molecule has 1 rings (SSSR count). The van der Waals surface area contributed by atoms with Crippen molar-refractivity contribution >= 4 is 5.91 Å². The van der Waals surface area contributed by atoms with Crippen molar-refractivity contribution in [2.45, 2.75) is 51.6 Å². The van der Waals surface area contributed by atoms with Gasteiger partial charge < -0.3 is 15.2 Å². The van der Waals surface area contributed by atoms with Crippen LogP contribution in [0, 0.1) is 11.8 Å². The Bertz CT molecular complexity index is 258. The molecule has 2 N–H and O–H groups in total. The molecular weight excluding hydrogens is 230 g/mol. The van der Waals surface area contributed by atoms with Crippen molar-refractivity contribution in [3.05, 3.63) is 0 Å². The van der Waals surface area contributed by atoms with E-state index >= 15 is 0 Å². The smallest absolute Gasteiger partial charge is 0.223 e. The third kappa shape index (κ3) is 5.36. The van der Waals surface area contributed by atoms with Gasteiger partial charge in [0.2, 0.25) is 5.91 Å². The van der Waals surface area contributed by atoms with Crippen LogP contribution in [0.2, 0.25) is 0 Å². The van der Waals surface area contributed by atoms with Gasteiger partial charge in [-0.25, -0.2) is 0 Å². The molecule has 1 atom stereocenters. The molecule has 0 radical (unpaired) electrons. The molecule has 0 bridgehead atoms. The van der Waals surface area contributed by atoms with Gasteiger partial charge in [-0.1, -0.05) is 6.92 Å². The van der Waals surface area contributed by atoms with Gasteiger partial charge in [-0.05, 0) is 38.5 Å². The van der Waals surface area contributed by atoms with Gasteiger partial charge in [0.05, 0.1) is 5.60 Å². The van der Waals surface area contributed by atoms with Crippen LogP contribution in [0.4, 0.5) is 0 Å². The lowest BCUT2D eigenvalue weighted by Gasteiger charge is -2.28. The lowest BCUT2D eigenvalue weighted by atomic mass is 9.82. The first-order valence-corrected chi connectivity index (χ1v) is 6.93. The van der Waals surface area contributed by atoms with Crippen LogP contribution in [0.25, 0.3) is 0 Å². The summed E-state index contributed by atoms with van der Waals surface area (Å²) in [6.07, 6.45) is 4.77. The molecule has 1 aliphatic carbocycles.